The van der Waals surface area contributed by atoms with Crippen molar-refractivity contribution < 1.29 is 53.5 Å². The van der Waals surface area contributed by atoms with Gasteiger partial charge >= 0.3 is 24.2 Å². The third-order valence-corrected chi connectivity index (χ3v) is 10.0. The van der Waals surface area contributed by atoms with Crippen LogP contribution in [0.4, 0.5) is 55.5 Å². The fourth-order valence-corrected chi connectivity index (χ4v) is 6.74. The second kappa shape index (κ2) is 16.9. The molecule has 0 unspecified atom stereocenters. The Labute approximate surface area is 313 Å². The van der Waals surface area contributed by atoms with Crippen LogP contribution in [0.3, 0.4) is 0 Å². The number of nitrogens with zero attached hydrogens (tertiary/aromatic N) is 8. The van der Waals surface area contributed by atoms with E-state index in [4.69, 9.17) is 0 Å². The van der Waals surface area contributed by atoms with E-state index in [2.05, 4.69) is 29.9 Å². The van der Waals surface area contributed by atoms with Gasteiger partial charge in [0.25, 0.3) is 0 Å². The second-order valence-corrected chi connectivity index (χ2v) is 13.8. The van der Waals surface area contributed by atoms with Crippen molar-refractivity contribution in [2.75, 3.05) is 50.3 Å². The van der Waals surface area contributed by atoms with E-state index < -0.39 is 73.3 Å². The van der Waals surface area contributed by atoms with Gasteiger partial charge in [0.15, 0.2) is 11.6 Å². The zero-order valence-electron chi connectivity index (χ0n) is 30.3. The molecule has 0 aliphatic carbocycles. The van der Waals surface area contributed by atoms with Crippen molar-refractivity contribution in [3.8, 4) is 0 Å². The lowest BCUT2D eigenvalue weighted by molar-refractivity contribution is -0.284. The monoisotopic (exact) mass is 810 g/mol. The summed E-state index contributed by atoms with van der Waals surface area (Å²) in [6.45, 7) is 1.72. The number of hydrazine groups is 2. The van der Waals surface area contributed by atoms with Crippen LogP contribution in [0.25, 0.3) is 22.1 Å². The van der Waals surface area contributed by atoms with Gasteiger partial charge in [0.1, 0.15) is 35.5 Å². The van der Waals surface area contributed by atoms with Gasteiger partial charge in [0.05, 0.1) is 10.8 Å². The van der Waals surface area contributed by atoms with Gasteiger partial charge < -0.3 is 9.97 Å². The minimum absolute atomic E-state index is 0.239. The number of carbonyl (C=O) groups is 2. The molecule has 308 valence electrons. The summed E-state index contributed by atoms with van der Waals surface area (Å²) in [4.78, 5) is 47.2. The highest BCUT2D eigenvalue weighted by molar-refractivity contribution is 5.88. The lowest BCUT2D eigenvalue weighted by atomic mass is 9.91. The normalized spacial score (nSPS) is 19.1. The second-order valence-electron chi connectivity index (χ2n) is 13.8. The SMILES string of the molecule is CN(c1ncnc2[nH]ccc12)N1CCC[C@@H](C(=O)CCC(F)(F)C(F)(F)F)C1.CN(c1ncnc2[nH]ccc12)N1CCC[C@H](C(=O)CCC(F)(F)C(F)(F)F)C1. The molecule has 22 heteroatoms. The summed E-state index contributed by atoms with van der Waals surface area (Å²) in [7, 11) is 3.53. The number of alkyl halides is 10. The van der Waals surface area contributed by atoms with Gasteiger partial charge in [0, 0.05) is 90.2 Å². The van der Waals surface area contributed by atoms with E-state index in [-0.39, 0.29) is 13.1 Å². The fraction of sp³-hybridized carbons (Fsp3) is 0.588. The molecule has 6 heterocycles. The van der Waals surface area contributed by atoms with Crippen LogP contribution in [0.15, 0.2) is 37.2 Å². The molecule has 56 heavy (non-hydrogen) atoms. The minimum Gasteiger partial charge on any atom is -0.346 e. The van der Waals surface area contributed by atoms with Gasteiger partial charge in [-0.15, -0.1) is 0 Å². The summed E-state index contributed by atoms with van der Waals surface area (Å²) in [5.41, 5.74) is 1.30. The van der Waals surface area contributed by atoms with Gasteiger partial charge in [-0.05, 0) is 37.8 Å². The number of hydrogen-bond donors (Lipinski definition) is 2. The first-order valence-electron chi connectivity index (χ1n) is 17.7. The number of hydrogen-bond acceptors (Lipinski definition) is 10. The molecular weight excluding hydrogens is 770 g/mol. The maximum atomic E-state index is 13.1. The standard InChI is InChI=1S/2C17H20F5N5O/c2*1-26(15-12-5-7-23-14(12)24-10-25-15)27-8-2-3-11(9-27)13(28)4-6-16(18,19)17(20,21)22/h2*5,7,10-11H,2-4,6,8-9H2,1H3,(H,23,24,25)/t2*11-/m10/s1. The topological polar surface area (TPSA) is 130 Å². The lowest BCUT2D eigenvalue weighted by Crippen LogP contribution is -2.48. The quantitative estimate of drug-likeness (QED) is 0.143. The minimum atomic E-state index is -5.64. The van der Waals surface area contributed by atoms with Crippen molar-refractivity contribution in [3.63, 3.8) is 0 Å². The number of piperidine rings is 2. The predicted molar refractivity (Wildman–Crippen MR) is 184 cm³/mol. The van der Waals surface area contributed by atoms with E-state index in [0.29, 0.717) is 61.7 Å². The molecule has 4 aromatic heterocycles. The number of nitrogens with one attached hydrogen (secondary N) is 2. The number of halogens is 10. The Balaban J connectivity index is 0.000000214. The van der Waals surface area contributed by atoms with Crippen LogP contribution in [0.2, 0.25) is 0 Å². The van der Waals surface area contributed by atoms with E-state index in [1.54, 1.807) is 36.5 Å². The number of H-pyrrole nitrogens is 2. The van der Waals surface area contributed by atoms with E-state index in [1.165, 1.54) is 12.7 Å². The number of fused-ring (bicyclic) bond motifs is 2. The molecule has 12 nitrogen and oxygen atoms in total. The molecule has 2 fully saturated rings. The lowest BCUT2D eigenvalue weighted by Gasteiger charge is -2.38. The average molecular weight is 811 g/mol. The molecule has 2 saturated heterocycles. The van der Waals surface area contributed by atoms with Crippen molar-refractivity contribution in [2.24, 2.45) is 11.8 Å². The van der Waals surface area contributed by atoms with Gasteiger partial charge in [-0.25, -0.2) is 30.0 Å². The Hall–Kier alpha value is -4.60. The first kappa shape index (κ1) is 42.5. The number of Topliss-reactive ketones (excluding diaryl/α,β-unsaturated/α-hetero) is 2. The molecule has 0 aromatic carbocycles. The Bertz CT molecular complexity index is 1810. The van der Waals surface area contributed by atoms with Crippen LogP contribution >= 0.6 is 0 Å². The largest absolute Gasteiger partial charge is 0.453 e. The highest BCUT2D eigenvalue weighted by Crippen LogP contribution is 2.40. The van der Waals surface area contributed by atoms with E-state index in [0.717, 1.165) is 10.8 Å². The summed E-state index contributed by atoms with van der Waals surface area (Å²) in [5.74, 6) is -10.8. The average Bonchev–Trinajstić information content (AvgIpc) is 3.85. The Morgan fingerprint density at radius 3 is 1.39 bits per heavy atom. The predicted octanol–water partition coefficient (Wildman–Crippen LogP) is 7.14. The molecule has 4 aromatic rings. The van der Waals surface area contributed by atoms with Crippen LogP contribution in [0.1, 0.15) is 51.4 Å². The molecule has 2 N–H and O–H groups in total. The summed E-state index contributed by atoms with van der Waals surface area (Å²) < 4.78 is 126. The van der Waals surface area contributed by atoms with Gasteiger partial charge in [0.2, 0.25) is 0 Å². The summed E-state index contributed by atoms with van der Waals surface area (Å²) in [5, 5.41) is 8.79. The van der Waals surface area contributed by atoms with Crippen molar-refractivity contribution in [1.29, 1.82) is 0 Å². The first-order chi connectivity index (χ1) is 26.2. The molecule has 0 spiro atoms. The highest BCUT2D eigenvalue weighted by atomic mass is 19.4. The zero-order chi connectivity index (χ0) is 41.1. The summed E-state index contributed by atoms with van der Waals surface area (Å²) in [6.07, 6.45) is -7.50. The molecule has 0 radical (unpaired) electrons. The molecule has 0 bridgehead atoms. The van der Waals surface area contributed by atoms with Crippen LogP contribution < -0.4 is 10.0 Å². The van der Waals surface area contributed by atoms with E-state index in [1.807, 2.05) is 22.2 Å². The fourth-order valence-electron chi connectivity index (χ4n) is 6.74. The van der Waals surface area contributed by atoms with Crippen molar-refractivity contribution in [3.05, 3.63) is 37.2 Å². The van der Waals surface area contributed by atoms with E-state index >= 15 is 0 Å². The molecule has 0 amide bonds. The summed E-state index contributed by atoms with van der Waals surface area (Å²) >= 11 is 0. The number of carbonyl (C=O) groups excluding carboxylic acids is 2. The highest BCUT2D eigenvalue weighted by Gasteiger charge is 2.58. The number of ketones is 2. The molecule has 0 saturated carbocycles. The summed E-state index contributed by atoms with van der Waals surface area (Å²) in [6, 6.07) is 3.62. The number of aromatic amines is 2. The van der Waals surface area contributed by atoms with Crippen molar-refractivity contribution in [2.45, 2.75) is 75.6 Å². The van der Waals surface area contributed by atoms with E-state index in [9.17, 15) is 53.5 Å². The van der Waals surface area contributed by atoms with Crippen LogP contribution in [-0.2, 0) is 9.59 Å². The van der Waals surface area contributed by atoms with Gasteiger partial charge in [-0.1, -0.05) is 0 Å². The van der Waals surface area contributed by atoms with Gasteiger partial charge in [-0.2, -0.15) is 43.9 Å². The van der Waals surface area contributed by atoms with Crippen molar-refractivity contribution >= 4 is 45.3 Å². The maximum absolute atomic E-state index is 13.1. The molecular formula is C34H40F10N10O2. The molecule has 2 atom stereocenters. The Morgan fingerprint density at radius 1 is 0.661 bits per heavy atom. The zero-order valence-corrected chi connectivity index (χ0v) is 30.3. The smallest absolute Gasteiger partial charge is 0.346 e. The molecule has 2 aliphatic heterocycles. The van der Waals surface area contributed by atoms with Crippen LogP contribution in [0, 0.1) is 11.8 Å². The maximum Gasteiger partial charge on any atom is 0.453 e. The van der Waals surface area contributed by atoms with Crippen LogP contribution in [-0.4, -0.2) is 116 Å². The third-order valence-electron chi connectivity index (χ3n) is 10.0. The third kappa shape index (κ3) is 9.67. The number of rotatable bonds is 12. The Morgan fingerprint density at radius 2 is 1.04 bits per heavy atom. The molecule has 2 aliphatic rings. The van der Waals surface area contributed by atoms with Crippen molar-refractivity contribution in [1.82, 2.24) is 39.9 Å². The van der Waals surface area contributed by atoms with Crippen LogP contribution in [0.5, 0.6) is 0 Å². The number of anilines is 2. The number of aromatic nitrogens is 6. The van der Waals surface area contributed by atoms with Gasteiger partial charge in [-0.3, -0.25) is 19.6 Å². The first-order valence-corrected chi connectivity index (χ1v) is 17.7. The molecule has 6 rings (SSSR count). The Kier molecular flexibility index (Phi) is 12.8.